The van der Waals surface area contributed by atoms with Gasteiger partial charge in [0.15, 0.2) is 0 Å². The summed E-state index contributed by atoms with van der Waals surface area (Å²) in [6.07, 6.45) is 3.73. The number of nitro benzene ring substituents is 1. The molecule has 0 aliphatic rings. The smallest absolute Gasteiger partial charge is 0.296 e. The summed E-state index contributed by atoms with van der Waals surface area (Å²) in [6, 6.07) is 7.53. The largest absolute Gasteiger partial charge is 0.493 e. The van der Waals surface area contributed by atoms with Gasteiger partial charge in [-0.25, -0.2) is 0 Å². The van der Waals surface area contributed by atoms with Gasteiger partial charge in [-0.3, -0.25) is 19.9 Å². The van der Waals surface area contributed by atoms with E-state index in [9.17, 15) is 14.9 Å². The van der Waals surface area contributed by atoms with Crippen LogP contribution in [0.25, 0.3) is 0 Å². The van der Waals surface area contributed by atoms with Crippen molar-refractivity contribution < 1.29 is 14.5 Å². The predicted octanol–water partition coefficient (Wildman–Crippen LogP) is 3.03. The van der Waals surface area contributed by atoms with E-state index in [1.54, 1.807) is 24.4 Å². The molecule has 0 aliphatic carbocycles. The molecular formula is C15H15N3O4. The normalized spacial score (nSPS) is 10.0. The van der Waals surface area contributed by atoms with Crippen LogP contribution in [-0.2, 0) is 0 Å². The Kier molecular flexibility index (Phi) is 5.02. The van der Waals surface area contributed by atoms with Crippen molar-refractivity contribution in [1.29, 1.82) is 0 Å². The molecule has 0 fully saturated rings. The zero-order chi connectivity index (χ0) is 15.9. The summed E-state index contributed by atoms with van der Waals surface area (Å²) >= 11 is 0. The summed E-state index contributed by atoms with van der Waals surface area (Å²) in [5.74, 6) is -0.0636. The lowest BCUT2D eigenvalue weighted by Crippen LogP contribution is -2.13. The fourth-order valence-corrected chi connectivity index (χ4v) is 1.77. The van der Waals surface area contributed by atoms with Crippen LogP contribution >= 0.6 is 0 Å². The second kappa shape index (κ2) is 7.16. The standard InChI is InChI=1S/C15H15N3O4/c1-2-8-22-12-5-6-13(14(9-12)18(20)21)17-15(19)11-4-3-7-16-10-11/h3-7,9-10H,2,8H2,1H3,(H,17,19). The molecule has 0 atom stereocenters. The molecule has 1 amide bonds. The predicted molar refractivity (Wildman–Crippen MR) is 81.1 cm³/mol. The number of pyridine rings is 1. The minimum atomic E-state index is -0.558. The summed E-state index contributed by atoms with van der Waals surface area (Å²) in [5.41, 5.74) is 0.219. The van der Waals surface area contributed by atoms with Crippen LogP contribution in [-0.4, -0.2) is 22.4 Å². The van der Waals surface area contributed by atoms with E-state index >= 15 is 0 Å². The van der Waals surface area contributed by atoms with E-state index in [2.05, 4.69) is 10.3 Å². The minimum absolute atomic E-state index is 0.114. The number of hydrogen-bond acceptors (Lipinski definition) is 5. The monoisotopic (exact) mass is 301 g/mol. The first-order valence-electron chi connectivity index (χ1n) is 6.74. The number of amides is 1. The van der Waals surface area contributed by atoms with Crippen LogP contribution in [0.3, 0.4) is 0 Å². The fourth-order valence-electron chi connectivity index (χ4n) is 1.77. The second-order valence-corrected chi connectivity index (χ2v) is 4.48. The van der Waals surface area contributed by atoms with Crippen molar-refractivity contribution in [3.05, 3.63) is 58.4 Å². The SMILES string of the molecule is CCCOc1ccc(NC(=O)c2cccnc2)c([N+](=O)[O-])c1. The van der Waals surface area contributed by atoms with Crippen molar-refractivity contribution in [2.45, 2.75) is 13.3 Å². The van der Waals surface area contributed by atoms with Gasteiger partial charge < -0.3 is 10.1 Å². The van der Waals surface area contributed by atoms with Crippen molar-refractivity contribution in [2.24, 2.45) is 0 Å². The number of nitrogens with zero attached hydrogens (tertiary/aromatic N) is 2. The highest BCUT2D eigenvalue weighted by molar-refractivity contribution is 6.05. The maximum absolute atomic E-state index is 12.0. The topological polar surface area (TPSA) is 94.4 Å². The number of benzene rings is 1. The molecule has 114 valence electrons. The highest BCUT2D eigenvalue weighted by Gasteiger charge is 2.18. The van der Waals surface area contributed by atoms with Crippen LogP contribution in [0.15, 0.2) is 42.7 Å². The molecule has 0 unspecified atom stereocenters. The lowest BCUT2D eigenvalue weighted by molar-refractivity contribution is -0.384. The Labute approximate surface area is 127 Å². The van der Waals surface area contributed by atoms with Crippen LogP contribution in [0.1, 0.15) is 23.7 Å². The van der Waals surface area contributed by atoms with E-state index in [4.69, 9.17) is 4.74 Å². The minimum Gasteiger partial charge on any atom is -0.493 e. The number of rotatable bonds is 6. The zero-order valence-electron chi connectivity index (χ0n) is 12.0. The Hall–Kier alpha value is -2.96. The number of carbonyl (C=O) groups is 1. The molecule has 1 heterocycles. The molecule has 7 heteroatoms. The number of hydrogen-bond donors (Lipinski definition) is 1. The first-order valence-corrected chi connectivity index (χ1v) is 6.74. The molecule has 0 saturated carbocycles. The van der Waals surface area contributed by atoms with Gasteiger partial charge in [-0.2, -0.15) is 0 Å². The molecule has 0 radical (unpaired) electrons. The van der Waals surface area contributed by atoms with Gasteiger partial charge in [0.1, 0.15) is 11.4 Å². The molecular weight excluding hydrogens is 286 g/mol. The van der Waals surface area contributed by atoms with Crippen LogP contribution in [0.5, 0.6) is 5.75 Å². The number of nitro groups is 1. The van der Waals surface area contributed by atoms with Crippen LogP contribution in [0.2, 0.25) is 0 Å². The summed E-state index contributed by atoms with van der Waals surface area (Å²) in [6.45, 7) is 2.41. The maximum atomic E-state index is 12.0. The molecule has 1 aromatic heterocycles. The lowest BCUT2D eigenvalue weighted by atomic mass is 10.2. The maximum Gasteiger partial charge on any atom is 0.296 e. The molecule has 7 nitrogen and oxygen atoms in total. The van der Waals surface area contributed by atoms with Crippen molar-refractivity contribution in [3.8, 4) is 5.75 Å². The van der Waals surface area contributed by atoms with E-state index in [1.807, 2.05) is 6.92 Å². The van der Waals surface area contributed by atoms with Crippen molar-refractivity contribution in [3.63, 3.8) is 0 Å². The summed E-state index contributed by atoms with van der Waals surface area (Å²) < 4.78 is 5.36. The van der Waals surface area contributed by atoms with E-state index in [-0.39, 0.29) is 11.4 Å². The number of carbonyl (C=O) groups excluding carboxylic acids is 1. The van der Waals surface area contributed by atoms with Crippen molar-refractivity contribution in [2.75, 3.05) is 11.9 Å². The van der Waals surface area contributed by atoms with Gasteiger partial charge in [0.25, 0.3) is 11.6 Å². The third-order valence-electron chi connectivity index (χ3n) is 2.81. The summed E-state index contributed by atoms with van der Waals surface area (Å²) in [7, 11) is 0. The van der Waals surface area contributed by atoms with E-state index in [1.165, 1.54) is 18.3 Å². The van der Waals surface area contributed by atoms with Crippen LogP contribution in [0, 0.1) is 10.1 Å². The third kappa shape index (κ3) is 3.78. The lowest BCUT2D eigenvalue weighted by Gasteiger charge is -2.08. The fraction of sp³-hybridized carbons (Fsp3) is 0.200. The first kappa shape index (κ1) is 15.4. The van der Waals surface area contributed by atoms with Crippen molar-refractivity contribution in [1.82, 2.24) is 4.98 Å². The Morgan fingerprint density at radius 1 is 1.41 bits per heavy atom. The van der Waals surface area contributed by atoms with Gasteiger partial charge in [-0.15, -0.1) is 0 Å². The van der Waals surface area contributed by atoms with E-state index in [0.29, 0.717) is 17.9 Å². The summed E-state index contributed by atoms with van der Waals surface area (Å²) in [4.78, 5) is 26.5. The van der Waals surface area contributed by atoms with Gasteiger partial charge in [-0.1, -0.05) is 6.92 Å². The van der Waals surface area contributed by atoms with Gasteiger partial charge in [0.05, 0.1) is 23.2 Å². The van der Waals surface area contributed by atoms with Gasteiger partial charge in [0.2, 0.25) is 0 Å². The third-order valence-corrected chi connectivity index (χ3v) is 2.81. The molecule has 0 saturated heterocycles. The van der Waals surface area contributed by atoms with Crippen LogP contribution < -0.4 is 10.1 Å². The first-order chi connectivity index (χ1) is 10.6. The average molecular weight is 301 g/mol. The highest BCUT2D eigenvalue weighted by atomic mass is 16.6. The number of aromatic nitrogens is 1. The zero-order valence-corrected chi connectivity index (χ0v) is 12.0. The van der Waals surface area contributed by atoms with Gasteiger partial charge >= 0.3 is 0 Å². The van der Waals surface area contributed by atoms with E-state index < -0.39 is 10.8 Å². The Morgan fingerprint density at radius 3 is 2.86 bits per heavy atom. The number of nitrogens with one attached hydrogen (secondary N) is 1. The molecule has 0 spiro atoms. The van der Waals surface area contributed by atoms with E-state index in [0.717, 1.165) is 6.42 Å². The van der Waals surface area contributed by atoms with Crippen molar-refractivity contribution >= 4 is 17.3 Å². The average Bonchev–Trinajstić information content (AvgIpc) is 2.54. The quantitative estimate of drug-likeness (QED) is 0.653. The molecule has 1 N–H and O–H groups in total. The number of anilines is 1. The Balaban J connectivity index is 2.23. The molecule has 2 aromatic rings. The molecule has 0 aliphatic heterocycles. The second-order valence-electron chi connectivity index (χ2n) is 4.48. The van der Waals surface area contributed by atoms with Crippen LogP contribution in [0.4, 0.5) is 11.4 Å². The Morgan fingerprint density at radius 2 is 2.23 bits per heavy atom. The Bertz CT molecular complexity index is 674. The summed E-state index contributed by atoms with van der Waals surface area (Å²) in [5, 5.41) is 13.7. The number of ether oxygens (including phenoxy) is 1. The molecule has 1 aromatic carbocycles. The highest BCUT2D eigenvalue weighted by Crippen LogP contribution is 2.29. The molecule has 0 bridgehead atoms. The molecule has 22 heavy (non-hydrogen) atoms. The van der Waals surface area contributed by atoms with Gasteiger partial charge in [-0.05, 0) is 30.7 Å². The molecule has 2 rings (SSSR count). The van der Waals surface area contributed by atoms with Gasteiger partial charge in [0, 0.05) is 12.4 Å².